The first kappa shape index (κ1) is 14.1. The molecule has 0 radical (unpaired) electrons. The van der Waals surface area contributed by atoms with E-state index >= 15 is 0 Å². The van der Waals surface area contributed by atoms with Crippen molar-refractivity contribution in [3.05, 3.63) is 62.2 Å². The second-order valence-corrected chi connectivity index (χ2v) is 4.90. The lowest BCUT2D eigenvalue weighted by Crippen LogP contribution is -2.13. The van der Waals surface area contributed by atoms with E-state index in [1.807, 2.05) is 0 Å². The fourth-order valence-corrected chi connectivity index (χ4v) is 2.01. The number of aromatic nitrogens is 1. The molecule has 2 aromatic rings. The summed E-state index contributed by atoms with van der Waals surface area (Å²) in [6, 6.07) is 7.69. The van der Waals surface area contributed by atoms with Gasteiger partial charge in [-0.3, -0.25) is 14.9 Å². The first-order chi connectivity index (χ1) is 9.49. The van der Waals surface area contributed by atoms with Crippen molar-refractivity contribution in [3.8, 4) is 0 Å². The van der Waals surface area contributed by atoms with Gasteiger partial charge in [0.05, 0.1) is 9.40 Å². The molecular weight excluding hydrogens is 326 g/mol. The van der Waals surface area contributed by atoms with E-state index in [0.717, 1.165) is 0 Å². The van der Waals surface area contributed by atoms with Gasteiger partial charge in [0.15, 0.2) is 0 Å². The number of nitro benzene ring substituents is 1. The zero-order valence-electron chi connectivity index (χ0n) is 10.5. The molecule has 1 heterocycles. The van der Waals surface area contributed by atoms with E-state index in [1.54, 1.807) is 25.3 Å². The zero-order chi connectivity index (χ0) is 14.7. The number of nitro groups is 1. The highest BCUT2D eigenvalue weighted by molar-refractivity contribution is 9.10. The summed E-state index contributed by atoms with van der Waals surface area (Å²) >= 11 is 3.28. The quantitative estimate of drug-likeness (QED) is 0.688. The first-order valence-electron chi connectivity index (χ1n) is 5.66. The number of nitrogens with zero attached hydrogens (tertiary/aromatic N) is 2. The monoisotopic (exact) mass is 335 g/mol. The van der Waals surface area contributed by atoms with Crippen molar-refractivity contribution in [2.24, 2.45) is 0 Å². The average molecular weight is 336 g/mol. The van der Waals surface area contributed by atoms with Crippen LogP contribution in [0.5, 0.6) is 0 Å². The molecule has 7 heteroatoms. The van der Waals surface area contributed by atoms with Crippen LogP contribution in [0.3, 0.4) is 0 Å². The van der Waals surface area contributed by atoms with Crippen molar-refractivity contribution in [1.29, 1.82) is 0 Å². The van der Waals surface area contributed by atoms with Crippen molar-refractivity contribution in [2.45, 2.75) is 6.92 Å². The molecule has 1 amide bonds. The van der Waals surface area contributed by atoms with Gasteiger partial charge in [0, 0.05) is 23.4 Å². The highest BCUT2D eigenvalue weighted by Gasteiger charge is 2.14. The van der Waals surface area contributed by atoms with Gasteiger partial charge in [-0.1, -0.05) is 0 Å². The van der Waals surface area contributed by atoms with Crippen LogP contribution in [-0.2, 0) is 0 Å². The van der Waals surface area contributed by atoms with Crippen LogP contribution in [-0.4, -0.2) is 15.8 Å². The van der Waals surface area contributed by atoms with E-state index in [0.29, 0.717) is 21.4 Å². The van der Waals surface area contributed by atoms with Crippen LogP contribution < -0.4 is 5.32 Å². The fourth-order valence-electron chi connectivity index (χ4n) is 1.66. The molecule has 102 valence electrons. The van der Waals surface area contributed by atoms with Crippen molar-refractivity contribution in [1.82, 2.24) is 4.98 Å². The van der Waals surface area contributed by atoms with Crippen molar-refractivity contribution in [2.75, 3.05) is 5.32 Å². The van der Waals surface area contributed by atoms with Gasteiger partial charge in [-0.15, -0.1) is 0 Å². The number of pyridine rings is 1. The standard InChI is InChI=1S/C13H10BrN3O3/c1-8-7-9(4-5-11(8)17(19)20)13(18)16-12-10(14)3-2-6-15-12/h2-7H,1H3,(H,15,16,18). The Bertz CT molecular complexity index is 688. The Morgan fingerprint density at radius 3 is 2.75 bits per heavy atom. The summed E-state index contributed by atoms with van der Waals surface area (Å²) in [5.74, 6) is 0.0240. The number of anilines is 1. The molecule has 0 unspecified atom stereocenters. The van der Waals surface area contributed by atoms with Crippen molar-refractivity contribution >= 4 is 33.3 Å². The van der Waals surface area contributed by atoms with E-state index in [1.165, 1.54) is 18.2 Å². The summed E-state index contributed by atoms with van der Waals surface area (Å²) in [4.78, 5) is 26.3. The van der Waals surface area contributed by atoms with E-state index in [4.69, 9.17) is 0 Å². The molecule has 0 aliphatic heterocycles. The molecule has 0 aliphatic rings. The number of amides is 1. The summed E-state index contributed by atoms with van der Waals surface area (Å²) in [6.07, 6.45) is 1.56. The third-order valence-electron chi connectivity index (χ3n) is 2.65. The Hall–Kier alpha value is -2.28. The molecule has 0 spiro atoms. The number of hydrogen-bond acceptors (Lipinski definition) is 4. The van der Waals surface area contributed by atoms with Gasteiger partial charge in [0.2, 0.25) is 0 Å². The smallest absolute Gasteiger partial charge is 0.272 e. The number of hydrogen-bond donors (Lipinski definition) is 1. The molecule has 0 fully saturated rings. The molecule has 1 N–H and O–H groups in total. The third kappa shape index (κ3) is 3.00. The molecule has 1 aromatic carbocycles. The van der Waals surface area contributed by atoms with Gasteiger partial charge in [-0.05, 0) is 47.1 Å². The number of carbonyl (C=O) groups is 1. The Balaban J connectivity index is 2.24. The van der Waals surface area contributed by atoms with Crippen molar-refractivity contribution < 1.29 is 9.72 Å². The molecule has 0 saturated carbocycles. The van der Waals surface area contributed by atoms with E-state index < -0.39 is 4.92 Å². The molecule has 0 aliphatic carbocycles. The fraction of sp³-hybridized carbons (Fsp3) is 0.0769. The molecule has 0 atom stereocenters. The van der Waals surface area contributed by atoms with E-state index in [9.17, 15) is 14.9 Å². The van der Waals surface area contributed by atoms with Crippen LogP contribution in [0.15, 0.2) is 41.0 Å². The lowest BCUT2D eigenvalue weighted by Gasteiger charge is -2.06. The zero-order valence-corrected chi connectivity index (χ0v) is 12.0. The minimum absolute atomic E-state index is 0.0134. The van der Waals surface area contributed by atoms with E-state index in [-0.39, 0.29) is 11.6 Å². The average Bonchev–Trinajstić information content (AvgIpc) is 2.40. The molecule has 2 rings (SSSR count). The van der Waals surface area contributed by atoms with Gasteiger partial charge < -0.3 is 5.32 Å². The Labute approximate surface area is 123 Å². The molecular formula is C13H10BrN3O3. The number of carbonyl (C=O) groups excluding carboxylic acids is 1. The maximum absolute atomic E-state index is 12.1. The lowest BCUT2D eigenvalue weighted by molar-refractivity contribution is -0.385. The number of aryl methyl sites for hydroxylation is 1. The van der Waals surface area contributed by atoms with Crippen LogP contribution in [0.4, 0.5) is 11.5 Å². The second-order valence-electron chi connectivity index (χ2n) is 4.05. The summed E-state index contributed by atoms with van der Waals surface area (Å²) < 4.78 is 0.659. The van der Waals surface area contributed by atoms with Crippen LogP contribution in [0.2, 0.25) is 0 Å². The Morgan fingerprint density at radius 1 is 1.40 bits per heavy atom. The Morgan fingerprint density at radius 2 is 2.15 bits per heavy atom. The predicted molar refractivity (Wildman–Crippen MR) is 77.7 cm³/mol. The number of halogens is 1. The normalized spacial score (nSPS) is 10.1. The highest BCUT2D eigenvalue weighted by Crippen LogP contribution is 2.21. The maximum Gasteiger partial charge on any atom is 0.272 e. The van der Waals surface area contributed by atoms with Gasteiger partial charge in [0.1, 0.15) is 5.82 Å². The van der Waals surface area contributed by atoms with Crippen LogP contribution in [0, 0.1) is 17.0 Å². The number of rotatable bonds is 3. The van der Waals surface area contributed by atoms with Crippen LogP contribution in [0.1, 0.15) is 15.9 Å². The molecule has 6 nitrogen and oxygen atoms in total. The second kappa shape index (κ2) is 5.79. The molecule has 0 saturated heterocycles. The predicted octanol–water partition coefficient (Wildman–Crippen LogP) is 3.31. The maximum atomic E-state index is 12.1. The minimum Gasteiger partial charge on any atom is -0.306 e. The summed E-state index contributed by atoms with van der Waals surface area (Å²) in [5.41, 5.74) is 0.758. The largest absolute Gasteiger partial charge is 0.306 e. The topological polar surface area (TPSA) is 85.1 Å². The molecule has 0 bridgehead atoms. The SMILES string of the molecule is Cc1cc(C(=O)Nc2ncccc2Br)ccc1[N+](=O)[O-]. The number of benzene rings is 1. The van der Waals surface area contributed by atoms with E-state index in [2.05, 4.69) is 26.2 Å². The van der Waals surface area contributed by atoms with Gasteiger partial charge in [-0.25, -0.2) is 4.98 Å². The Kier molecular flexibility index (Phi) is 4.09. The van der Waals surface area contributed by atoms with Gasteiger partial charge in [-0.2, -0.15) is 0 Å². The number of nitrogens with one attached hydrogen (secondary N) is 1. The highest BCUT2D eigenvalue weighted by atomic mass is 79.9. The summed E-state index contributed by atoms with van der Waals surface area (Å²) in [7, 11) is 0. The van der Waals surface area contributed by atoms with Crippen LogP contribution in [0.25, 0.3) is 0 Å². The van der Waals surface area contributed by atoms with Gasteiger partial charge >= 0.3 is 0 Å². The van der Waals surface area contributed by atoms with Gasteiger partial charge in [0.25, 0.3) is 11.6 Å². The summed E-state index contributed by atoms with van der Waals surface area (Å²) in [6.45, 7) is 1.59. The third-order valence-corrected chi connectivity index (χ3v) is 3.29. The minimum atomic E-state index is -0.480. The summed E-state index contributed by atoms with van der Waals surface area (Å²) in [5, 5.41) is 13.4. The van der Waals surface area contributed by atoms with Crippen LogP contribution >= 0.6 is 15.9 Å². The lowest BCUT2D eigenvalue weighted by atomic mass is 10.1. The molecule has 1 aromatic heterocycles. The molecule has 20 heavy (non-hydrogen) atoms. The first-order valence-corrected chi connectivity index (χ1v) is 6.45. The van der Waals surface area contributed by atoms with Crippen molar-refractivity contribution in [3.63, 3.8) is 0 Å².